The predicted octanol–water partition coefficient (Wildman–Crippen LogP) is 2.41. The number of hydrogen-bond donors (Lipinski definition) is 0. The van der Waals surface area contributed by atoms with Crippen molar-refractivity contribution in [1.82, 2.24) is 9.29 Å². The molecule has 20 heavy (non-hydrogen) atoms. The smallest absolute Gasteiger partial charge is 0.243 e. The molecule has 1 saturated heterocycles. The lowest BCUT2D eigenvalue weighted by atomic mass is 10.1. The Morgan fingerprint density at radius 3 is 2.85 bits per heavy atom. The summed E-state index contributed by atoms with van der Waals surface area (Å²) < 4.78 is 27.6. The first-order valence-corrected chi connectivity index (χ1v) is 8.45. The Kier molecular flexibility index (Phi) is 2.62. The van der Waals surface area contributed by atoms with Crippen molar-refractivity contribution in [3.05, 3.63) is 36.7 Å². The van der Waals surface area contributed by atoms with Gasteiger partial charge in [-0.25, -0.2) is 8.42 Å². The third-order valence-electron chi connectivity index (χ3n) is 4.59. The minimum absolute atomic E-state index is 0.210. The van der Waals surface area contributed by atoms with Crippen LogP contribution in [0.1, 0.15) is 19.3 Å². The molecule has 1 aliphatic carbocycles. The topological polar surface area (TPSA) is 50.3 Å². The molecule has 1 aromatic carbocycles. The van der Waals surface area contributed by atoms with Crippen molar-refractivity contribution in [1.29, 1.82) is 0 Å². The van der Waals surface area contributed by atoms with E-state index in [0.717, 1.165) is 23.6 Å². The number of rotatable bonds is 2. The normalized spacial score (nSPS) is 26.4. The summed E-state index contributed by atoms with van der Waals surface area (Å²) in [5, 5.41) is 1.64. The number of aromatic nitrogens is 1. The second-order valence-corrected chi connectivity index (χ2v) is 7.62. The molecule has 0 radical (unpaired) electrons. The van der Waals surface area contributed by atoms with Crippen molar-refractivity contribution in [2.75, 3.05) is 6.54 Å². The summed E-state index contributed by atoms with van der Waals surface area (Å²) in [4.78, 5) is 4.48. The fourth-order valence-corrected chi connectivity index (χ4v) is 5.58. The average molecular weight is 288 g/mol. The molecule has 2 atom stereocenters. The van der Waals surface area contributed by atoms with Gasteiger partial charge in [-0.2, -0.15) is 4.31 Å². The van der Waals surface area contributed by atoms with Crippen molar-refractivity contribution in [2.45, 2.75) is 30.2 Å². The number of benzene rings is 1. The first-order valence-electron chi connectivity index (χ1n) is 7.01. The van der Waals surface area contributed by atoms with Crippen LogP contribution in [0.3, 0.4) is 0 Å². The molecule has 2 heterocycles. The summed E-state index contributed by atoms with van der Waals surface area (Å²) in [5.41, 5.74) is 0. The van der Waals surface area contributed by atoms with Crippen LogP contribution in [0.5, 0.6) is 0 Å². The van der Waals surface area contributed by atoms with Gasteiger partial charge in [0.25, 0.3) is 0 Å². The van der Waals surface area contributed by atoms with Gasteiger partial charge in [-0.05, 0) is 37.3 Å². The highest BCUT2D eigenvalue weighted by atomic mass is 32.2. The quantitative estimate of drug-likeness (QED) is 0.852. The van der Waals surface area contributed by atoms with Crippen LogP contribution in [0.15, 0.2) is 41.6 Å². The number of piperidine rings is 1. The molecule has 2 aliphatic rings. The number of hydrogen-bond acceptors (Lipinski definition) is 3. The van der Waals surface area contributed by atoms with Crippen LogP contribution < -0.4 is 0 Å². The largest absolute Gasteiger partial charge is 0.264 e. The van der Waals surface area contributed by atoms with E-state index >= 15 is 0 Å². The Bertz CT molecular complexity index is 767. The van der Waals surface area contributed by atoms with Crippen LogP contribution >= 0.6 is 0 Å². The highest BCUT2D eigenvalue weighted by Gasteiger charge is 2.44. The predicted molar refractivity (Wildman–Crippen MR) is 76.8 cm³/mol. The van der Waals surface area contributed by atoms with Crippen molar-refractivity contribution in [3.8, 4) is 0 Å². The van der Waals surface area contributed by atoms with Crippen LogP contribution in [-0.2, 0) is 10.0 Å². The highest BCUT2D eigenvalue weighted by molar-refractivity contribution is 7.89. The lowest BCUT2D eigenvalue weighted by molar-refractivity contribution is 0.334. The Labute approximate surface area is 118 Å². The number of pyridine rings is 1. The number of fused-ring (bicyclic) bond motifs is 3. The summed E-state index contributed by atoms with van der Waals surface area (Å²) in [6.07, 6.45) is 6.58. The fourth-order valence-electron chi connectivity index (χ4n) is 3.62. The molecule has 2 bridgehead atoms. The van der Waals surface area contributed by atoms with E-state index in [1.54, 1.807) is 34.9 Å². The molecule has 104 valence electrons. The van der Waals surface area contributed by atoms with Crippen LogP contribution in [0, 0.1) is 5.92 Å². The molecule has 4 rings (SSSR count). The van der Waals surface area contributed by atoms with E-state index in [-0.39, 0.29) is 6.04 Å². The monoisotopic (exact) mass is 288 g/mol. The van der Waals surface area contributed by atoms with Gasteiger partial charge in [0, 0.05) is 35.8 Å². The Hall–Kier alpha value is -1.46. The molecule has 1 saturated carbocycles. The summed E-state index contributed by atoms with van der Waals surface area (Å²) in [7, 11) is -3.39. The molecule has 2 aromatic rings. The first kappa shape index (κ1) is 12.3. The van der Waals surface area contributed by atoms with E-state index in [1.807, 2.05) is 6.07 Å². The molecule has 1 aromatic heterocycles. The van der Waals surface area contributed by atoms with Gasteiger partial charge in [0.05, 0.1) is 4.90 Å². The molecule has 5 heteroatoms. The Morgan fingerprint density at radius 2 is 2.10 bits per heavy atom. The zero-order chi connectivity index (χ0) is 13.7. The van der Waals surface area contributed by atoms with Gasteiger partial charge in [-0.3, -0.25) is 4.98 Å². The van der Waals surface area contributed by atoms with Gasteiger partial charge >= 0.3 is 0 Å². The SMILES string of the molecule is O=S(=O)(c1cccc2cnccc12)N1CC2CCC1C2. The Morgan fingerprint density at radius 1 is 1.20 bits per heavy atom. The zero-order valence-electron chi connectivity index (χ0n) is 11.1. The highest BCUT2D eigenvalue weighted by Crippen LogP contribution is 2.41. The molecule has 1 aliphatic heterocycles. The zero-order valence-corrected chi connectivity index (χ0v) is 11.9. The maximum Gasteiger partial charge on any atom is 0.243 e. The second-order valence-electron chi connectivity index (χ2n) is 5.76. The summed E-state index contributed by atoms with van der Waals surface area (Å²) in [6.45, 7) is 0.689. The minimum Gasteiger partial charge on any atom is -0.264 e. The van der Waals surface area contributed by atoms with Crippen molar-refractivity contribution >= 4 is 20.8 Å². The molecule has 2 fully saturated rings. The Balaban J connectivity index is 1.86. The van der Waals surface area contributed by atoms with Gasteiger partial charge in [0.2, 0.25) is 10.0 Å². The number of sulfonamides is 1. The molecular weight excluding hydrogens is 272 g/mol. The molecule has 0 spiro atoms. The van der Waals surface area contributed by atoms with Crippen molar-refractivity contribution in [2.24, 2.45) is 5.92 Å². The van der Waals surface area contributed by atoms with E-state index in [4.69, 9.17) is 0 Å². The first-order chi connectivity index (χ1) is 9.66. The molecular formula is C15H16N2O2S. The lowest BCUT2D eigenvalue weighted by Gasteiger charge is -2.26. The van der Waals surface area contributed by atoms with E-state index < -0.39 is 10.0 Å². The van der Waals surface area contributed by atoms with E-state index in [1.165, 1.54) is 6.42 Å². The van der Waals surface area contributed by atoms with Crippen LogP contribution in [0.25, 0.3) is 10.8 Å². The number of nitrogens with zero attached hydrogens (tertiary/aromatic N) is 2. The van der Waals surface area contributed by atoms with Gasteiger partial charge in [-0.15, -0.1) is 0 Å². The third-order valence-corrected chi connectivity index (χ3v) is 6.56. The maximum absolute atomic E-state index is 12.9. The van der Waals surface area contributed by atoms with Crippen molar-refractivity contribution < 1.29 is 8.42 Å². The van der Waals surface area contributed by atoms with Gasteiger partial charge < -0.3 is 0 Å². The molecule has 2 unspecified atom stereocenters. The molecule has 4 nitrogen and oxygen atoms in total. The van der Waals surface area contributed by atoms with Crippen LogP contribution in [0.2, 0.25) is 0 Å². The minimum atomic E-state index is -3.39. The summed E-state index contributed by atoms with van der Waals surface area (Å²) >= 11 is 0. The fraction of sp³-hybridized carbons (Fsp3) is 0.400. The third kappa shape index (κ3) is 1.70. The second kappa shape index (κ2) is 4.27. The molecule has 0 amide bonds. The van der Waals surface area contributed by atoms with Crippen LogP contribution in [-0.4, -0.2) is 30.3 Å². The lowest BCUT2D eigenvalue weighted by Crippen LogP contribution is -2.37. The average Bonchev–Trinajstić information content (AvgIpc) is 3.09. The summed E-state index contributed by atoms with van der Waals surface area (Å²) in [6, 6.07) is 7.41. The van der Waals surface area contributed by atoms with E-state index in [9.17, 15) is 8.42 Å². The van der Waals surface area contributed by atoms with E-state index in [2.05, 4.69) is 4.98 Å². The standard InChI is InChI=1S/C15H16N2O2S/c18-20(19,17-10-11-4-5-13(17)8-11)15-3-1-2-12-9-16-7-6-14(12)15/h1-3,6-7,9,11,13H,4-5,8,10H2. The van der Waals surface area contributed by atoms with Crippen LogP contribution in [0.4, 0.5) is 0 Å². The van der Waals surface area contributed by atoms with Gasteiger partial charge in [0.15, 0.2) is 0 Å². The van der Waals surface area contributed by atoms with Gasteiger partial charge in [-0.1, -0.05) is 12.1 Å². The summed E-state index contributed by atoms with van der Waals surface area (Å²) in [5.74, 6) is 0.561. The van der Waals surface area contributed by atoms with Gasteiger partial charge in [0.1, 0.15) is 0 Å². The maximum atomic E-state index is 12.9. The van der Waals surface area contributed by atoms with E-state index in [0.29, 0.717) is 17.4 Å². The van der Waals surface area contributed by atoms with Crippen molar-refractivity contribution in [3.63, 3.8) is 0 Å². The molecule has 0 N–H and O–H groups in total.